The fourth-order valence-corrected chi connectivity index (χ4v) is 5.52. The number of hydrogen-bond acceptors (Lipinski definition) is 5. The quantitative estimate of drug-likeness (QED) is 0.515. The van der Waals surface area contributed by atoms with Gasteiger partial charge >= 0.3 is 11.4 Å². The second kappa shape index (κ2) is 7.92. The van der Waals surface area contributed by atoms with Crippen LogP contribution in [0.2, 0.25) is 5.02 Å². The average Bonchev–Trinajstić information content (AvgIpc) is 3.09. The largest absolute Gasteiger partial charge is 0.447 e. The van der Waals surface area contributed by atoms with Gasteiger partial charge in [-0.05, 0) is 50.2 Å². The predicted octanol–water partition coefficient (Wildman–Crippen LogP) is 4.33. The molecule has 0 radical (unpaired) electrons. The summed E-state index contributed by atoms with van der Waals surface area (Å²) in [5, 5.41) is 0.442. The molecular weight excluding hydrogens is 468 g/mol. The molecule has 0 aliphatic carbocycles. The van der Waals surface area contributed by atoms with Crippen LogP contribution in [0, 0.1) is 11.6 Å². The van der Waals surface area contributed by atoms with E-state index in [9.17, 15) is 18.4 Å². The molecule has 0 bridgehead atoms. The Morgan fingerprint density at radius 1 is 1.13 bits per heavy atom. The number of benzene rings is 2. The summed E-state index contributed by atoms with van der Waals surface area (Å²) in [4.78, 5) is 27.2. The highest BCUT2D eigenvalue weighted by atomic mass is 35.5. The van der Waals surface area contributed by atoms with E-state index < -0.39 is 34.0 Å². The van der Waals surface area contributed by atoms with Gasteiger partial charge in [0.05, 0.1) is 17.0 Å². The molecule has 162 valence electrons. The molecule has 0 N–H and O–H groups in total. The zero-order valence-corrected chi connectivity index (χ0v) is 18.7. The van der Waals surface area contributed by atoms with E-state index in [0.717, 1.165) is 21.4 Å². The van der Waals surface area contributed by atoms with Crippen LogP contribution in [-0.4, -0.2) is 23.3 Å². The van der Waals surface area contributed by atoms with Gasteiger partial charge in [-0.3, -0.25) is 0 Å². The number of thioether (sulfide) groups is 1. The van der Waals surface area contributed by atoms with Crippen molar-refractivity contribution in [2.45, 2.75) is 31.3 Å². The first kappa shape index (κ1) is 21.8. The molecule has 31 heavy (non-hydrogen) atoms. The maximum atomic E-state index is 14.3. The molecule has 2 heterocycles. The first-order valence-electron chi connectivity index (χ1n) is 9.13. The third-order valence-corrected chi connectivity index (χ3v) is 6.82. The summed E-state index contributed by atoms with van der Waals surface area (Å²) < 4.78 is 35.2. The summed E-state index contributed by atoms with van der Waals surface area (Å²) in [5.74, 6) is -2.37. The molecule has 0 spiro atoms. The molecule has 0 saturated carbocycles. The van der Waals surface area contributed by atoms with Gasteiger partial charge in [0, 0.05) is 10.6 Å². The second-order valence-corrected chi connectivity index (χ2v) is 10.2. The van der Waals surface area contributed by atoms with Crippen LogP contribution in [0.15, 0.2) is 56.6 Å². The molecule has 4 rings (SSSR count). The van der Waals surface area contributed by atoms with Crippen LogP contribution in [0.3, 0.4) is 0 Å². The molecule has 1 fully saturated rings. The highest BCUT2D eigenvalue weighted by Crippen LogP contribution is 2.47. The Hall–Kier alpha value is -2.43. The zero-order chi connectivity index (χ0) is 22.5. The van der Waals surface area contributed by atoms with Crippen molar-refractivity contribution in [3.63, 3.8) is 0 Å². The van der Waals surface area contributed by atoms with E-state index in [1.165, 1.54) is 47.0 Å². The molecule has 2 aromatic carbocycles. The Balaban J connectivity index is 1.82. The smallest absolute Gasteiger partial charge is 0.328 e. The molecule has 0 amide bonds. The van der Waals surface area contributed by atoms with Crippen molar-refractivity contribution in [2.24, 2.45) is 0 Å². The van der Waals surface area contributed by atoms with Gasteiger partial charge in [0.1, 0.15) is 16.0 Å². The van der Waals surface area contributed by atoms with E-state index in [4.69, 9.17) is 28.3 Å². The van der Waals surface area contributed by atoms with Gasteiger partial charge in [0.25, 0.3) is 0 Å². The van der Waals surface area contributed by atoms with Crippen molar-refractivity contribution < 1.29 is 13.3 Å². The number of thiocarbonyl (C=S) groups is 1. The summed E-state index contributed by atoms with van der Waals surface area (Å²) in [6, 6.07) is 9.66. The van der Waals surface area contributed by atoms with Crippen molar-refractivity contribution in [3.8, 4) is 5.69 Å². The topological polar surface area (TPSA) is 60.4 Å². The molecule has 1 aromatic heterocycles. The molecule has 1 aliphatic heterocycles. The monoisotopic (exact) mass is 483 g/mol. The maximum Gasteiger partial charge on any atom is 0.447 e. The summed E-state index contributed by atoms with van der Waals surface area (Å²) in [6.07, 6.45) is -0.891. The number of hydrogen-bond donors (Lipinski definition) is 0. The number of aromatic nitrogens is 2. The maximum absolute atomic E-state index is 14.3. The van der Waals surface area contributed by atoms with Gasteiger partial charge in [-0.25, -0.2) is 18.4 Å². The Labute approximate surface area is 190 Å². The first-order valence-corrected chi connectivity index (χ1v) is 10.7. The Kier molecular flexibility index (Phi) is 5.57. The van der Waals surface area contributed by atoms with Crippen molar-refractivity contribution in [1.82, 2.24) is 14.2 Å². The van der Waals surface area contributed by atoms with Crippen LogP contribution in [0.5, 0.6) is 0 Å². The van der Waals surface area contributed by atoms with Crippen LogP contribution >= 0.6 is 35.6 Å². The standard InChI is InChI=1S/C20H16ClF2N3O3S2/c1-20(2)16(24(19(30)31-20)10-13-14(22)4-3-5-15(13)23)26-17(27)25(18(28)29-26)12-8-6-11(21)7-9-12/h3-9,16H,10H2,1-2H3/t16-/m1/s1. The third kappa shape index (κ3) is 3.83. The lowest BCUT2D eigenvalue weighted by atomic mass is 10.1. The Morgan fingerprint density at radius 2 is 1.74 bits per heavy atom. The zero-order valence-electron chi connectivity index (χ0n) is 16.3. The average molecular weight is 484 g/mol. The summed E-state index contributed by atoms with van der Waals surface area (Å²) in [5.41, 5.74) is -0.657. The first-order chi connectivity index (χ1) is 14.6. The minimum Gasteiger partial charge on any atom is -0.328 e. The third-order valence-electron chi connectivity index (χ3n) is 4.94. The molecule has 0 unspecified atom stereocenters. The van der Waals surface area contributed by atoms with E-state index in [0.29, 0.717) is 9.34 Å². The van der Waals surface area contributed by atoms with Crippen molar-refractivity contribution >= 4 is 39.9 Å². The second-order valence-electron chi connectivity index (χ2n) is 7.45. The van der Waals surface area contributed by atoms with E-state index in [1.54, 1.807) is 13.8 Å². The number of nitrogens with zero attached hydrogens (tertiary/aromatic N) is 3. The molecule has 3 aromatic rings. The molecule has 11 heteroatoms. The summed E-state index contributed by atoms with van der Waals surface area (Å²) in [7, 11) is 0. The lowest BCUT2D eigenvalue weighted by Gasteiger charge is -2.30. The van der Waals surface area contributed by atoms with Crippen LogP contribution in [0.4, 0.5) is 8.78 Å². The van der Waals surface area contributed by atoms with Crippen molar-refractivity contribution in [3.05, 3.63) is 85.7 Å². The van der Waals surface area contributed by atoms with Crippen LogP contribution < -0.4 is 11.4 Å². The van der Waals surface area contributed by atoms with Crippen LogP contribution in [0.1, 0.15) is 25.6 Å². The fraction of sp³-hybridized carbons (Fsp3) is 0.250. The van der Waals surface area contributed by atoms with Gasteiger partial charge in [0.15, 0.2) is 6.17 Å². The fourth-order valence-electron chi connectivity index (χ4n) is 3.53. The highest BCUT2D eigenvalue weighted by Gasteiger charge is 2.48. The molecular formula is C20H16ClF2N3O3S2. The number of rotatable bonds is 4. The SMILES string of the molecule is CC1(C)SC(=S)N(Cc2c(F)cccc2F)[C@@H]1n1oc(=O)n(-c2ccc(Cl)cc2)c1=O. The normalized spacial score (nSPS) is 18.0. The lowest BCUT2D eigenvalue weighted by molar-refractivity contribution is 0.0853. The summed E-state index contributed by atoms with van der Waals surface area (Å²) >= 11 is 12.6. The highest BCUT2D eigenvalue weighted by molar-refractivity contribution is 8.24. The van der Waals surface area contributed by atoms with Crippen molar-refractivity contribution in [2.75, 3.05) is 0 Å². The van der Waals surface area contributed by atoms with Gasteiger partial charge in [-0.15, -0.1) is 4.74 Å². The van der Waals surface area contributed by atoms with Crippen LogP contribution in [0.25, 0.3) is 5.69 Å². The van der Waals surface area contributed by atoms with Gasteiger partial charge in [0.2, 0.25) is 0 Å². The Bertz CT molecular complexity index is 1260. The van der Waals surface area contributed by atoms with E-state index in [2.05, 4.69) is 0 Å². The van der Waals surface area contributed by atoms with Crippen LogP contribution in [-0.2, 0) is 6.54 Å². The Morgan fingerprint density at radius 3 is 2.35 bits per heavy atom. The number of halogens is 3. The van der Waals surface area contributed by atoms with Gasteiger partial charge < -0.3 is 9.42 Å². The van der Waals surface area contributed by atoms with Gasteiger partial charge in [-0.1, -0.05) is 41.6 Å². The minimum absolute atomic E-state index is 0.194. The minimum atomic E-state index is -0.900. The molecule has 1 saturated heterocycles. The predicted molar refractivity (Wildman–Crippen MR) is 119 cm³/mol. The van der Waals surface area contributed by atoms with Crippen molar-refractivity contribution in [1.29, 1.82) is 0 Å². The van der Waals surface area contributed by atoms with E-state index >= 15 is 0 Å². The van der Waals surface area contributed by atoms with Gasteiger partial charge in [-0.2, -0.15) is 4.57 Å². The molecule has 1 atom stereocenters. The molecule has 1 aliphatic rings. The summed E-state index contributed by atoms with van der Waals surface area (Å²) in [6.45, 7) is 3.37. The van der Waals surface area contributed by atoms with E-state index in [-0.39, 0.29) is 17.8 Å². The van der Waals surface area contributed by atoms with E-state index in [1.807, 2.05) is 0 Å². The molecule has 6 nitrogen and oxygen atoms in total. The lowest BCUT2D eigenvalue weighted by Crippen LogP contribution is -2.42.